The predicted molar refractivity (Wildman–Crippen MR) is 62.4 cm³/mol. The van der Waals surface area contributed by atoms with Crippen molar-refractivity contribution in [2.75, 3.05) is 0 Å². The molecule has 2 aromatic rings. The molecule has 1 aromatic heterocycles. The Morgan fingerprint density at radius 1 is 1.33 bits per heavy atom. The van der Waals surface area contributed by atoms with Crippen molar-refractivity contribution >= 4 is 11.8 Å². The van der Waals surface area contributed by atoms with Crippen molar-refractivity contribution in [2.45, 2.75) is 10.9 Å². The molecule has 0 spiro atoms. The van der Waals surface area contributed by atoms with Crippen molar-refractivity contribution in [3.05, 3.63) is 51.9 Å². The number of halogens is 2. The van der Waals surface area contributed by atoms with E-state index in [0.29, 0.717) is 16.5 Å². The Morgan fingerprint density at radius 2 is 2.11 bits per heavy atom. The molecule has 0 amide bonds. The summed E-state index contributed by atoms with van der Waals surface area (Å²) in [5.41, 5.74) is -0.0765. The van der Waals surface area contributed by atoms with Crippen molar-refractivity contribution in [1.29, 1.82) is 0 Å². The number of aromatic amines is 1. The molecule has 0 aliphatic rings. The van der Waals surface area contributed by atoms with Crippen LogP contribution < -0.4 is 5.56 Å². The zero-order chi connectivity index (χ0) is 13.1. The van der Waals surface area contributed by atoms with Crippen molar-refractivity contribution in [1.82, 2.24) is 9.97 Å². The van der Waals surface area contributed by atoms with Crippen LogP contribution in [-0.2, 0) is 5.75 Å². The van der Waals surface area contributed by atoms with Crippen molar-refractivity contribution < 1.29 is 13.9 Å². The fraction of sp³-hybridized carbons (Fsp3) is 0.0909. The van der Waals surface area contributed by atoms with E-state index in [4.69, 9.17) is 5.11 Å². The number of hydrogen-bond donors (Lipinski definition) is 2. The number of H-pyrrole nitrogens is 1. The van der Waals surface area contributed by atoms with Crippen LogP contribution in [-0.4, -0.2) is 15.1 Å². The molecule has 0 aliphatic carbocycles. The summed E-state index contributed by atoms with van der Waals surface area (Å²) in [5, 5.41) is 9.28. The van der Waals surface area contributed by atoms with E-state index in [-0.39, 0.29) is 0 Å². The molecule has 0 atom stereocenters. The van der Waals surface area contributed by atoms with Crippen LogP contribution in [0.25, 0.3) is 0 Å². The van der Waals surface area contributed by atoms with Crippen LogP contribution in [0.4, 0.5) is 8.78 Å². The van der Waals surface area contributed by atoms with E-state index in [9.17, 15) is 13.6 Å². The second-order valence-electron chi connectivity index (χ2n) is 3.44. The normalized spacial score (nSPS) is 10.6. The molecule has 7 heteroatoms. The summed E-state index contributed by atoms with van der Waals surface area (Å²) in [7, 11) is 0. The first-order valence-corrected chi connectivity index (χ1v) is 5.90. The molecule has 0 saturated heterocycles. The standard InChI is InChI=1S/C11H8F2N2O2S/c12-7-2-1-6(3-8(7)13)5-18-11-14-4-9(16)10(17)15-11/h1-4,16H,5H2,(H,14,15,17). The minimum absolute atomic E-state index is 0.294. The maximum absolute atomic E-state index is 12.9. The monoisotopic (exact) mass is 270 g/mol. The summed E-state index contributed by atoms with van der Waals surface area (Å²) in [6, 6.07) is 3.57. The predicted octanol–water partition coefficient (Wildman–Crippen LogP) is 2.05. The lowest BCUT2D eigenvalue weighted by molar-refractivity contribution is 0.460. The van der Waals surface area contributed by atoms with Crippen LogP contribution in [0.5, 0.6) is 5.75 Å². The number of nitrogens with one attached hydrogen (secondary N) is 1. The fourth-order valence-corrected chi connectivity index (χ4v) is 2.00. The van der Waals surface area contributed by atoms with Gasteiger partial charge in [-0.15, -0.1) is 0 Å². The Labute approximate surface area is 105 Å². The smallest absolute Gasteiger partial charge is 0.293 e. The molecule has 2 N–H and O–H groups in total. The highest BCUT2D eigenvalue weighted by molar-refractivity contribution is 7.98. The molecule has 2 rings (SSSR count). The number of thioether (sulfide) groups is 1. The highest BCUT2D eigenvalue weighted by Crippen LogP contribution is 2.19. The molecule has 0 fully saturated rings. The van der Waals surface area contributed by atoms with Crippen molar-refractivity contribution in [3.63, 3.8) is 0 Å². The van der Waals surface area contributed by atoms with Gasteiger partial charge in [-0.3, -0.25) is 9.78 Å². The van der Waals surface area contributed by atoms with Gasteiger partial charge < -0.3 is 5.11 Å². The van der Waals surface area contributed by atoms with Gasteiger partial charge in [0.1, 0.15) is 0 Å². The number of hydrogen-bond acceptors (Lipinski definition) is 4. The Kier molecular flexibility index (Phi) is 3.61. The number of aromatic hydroxyl groups is 1. The van der Waals surface area contributed by atoms with Crippen LogP contribution in [0.3, 0.4) is 0 Å². The fourth-order valence-electron chi connectivity index (χ4n) is 1.23. The largest absolute Gasteiger partial charge is 0.502 e. The maximum Gasteiger partial charge on any atom is 0.293 e. The van der Waals surface area contributed by atoms with E-state index in [0.717, 1.165) is 30.1 Å². The van der Waals surface area contributed by atoms with E-state index < -0.39 is 22.9 Å². The summed E-state index contributed by atoms with van der Waals surface area (Å²) in [6.07, 6.45) is 1.03. The summed E-state index contributed by atoms with van der Waals surface area (Å²) in [6.45, 7) is 0. The number of aromatic nitrogens is 2. The molecule has 0 bridgehead atoms. The average Bonchev–Trinajstić information content (AvgIpc) is 2.35. The number of benzene rings is 1. The van der Waals surface area contributed by atoms with E-state index in [2.05, 4.69) is 9.97 Å². The Morgan fingerprint density at radius 3 is 2.78 bits per heavy atom. The zero-order valence-corrected chi connectivity index (χ0v) is 9.80. The van der Waals surface area contributed by atoms with Gasteiger partial charge in [-0.05, 0) is 17.7 Å². The first kappa shape index (κ1) is 12.6. The number of rotatable bonds is 3. The molecule has 4 nitrogen and oxygen atoms in total. The van der Waals surface area contributed by atoms with Gasteiger partial charge in [0.2, 0.25) is 0 Å². The van der Waals surface area contributed by atoms with Gasteiger partial charge in [-0.25, -0.2) is 13.8 Å². The van der Waals surface area contributed by atoms with E-state index in [1.165, 1.54) is 6.07 Å². The molecule has 94 valence electrons. The minimum Gasteiger partial charge on any atom is -0.502 e. The molecular formula is C11H8F2N2O2S. The molecule has 0 unspecified atom stereocenters. The highest BCUT2D eigenvalue weighted by Gasteiger charge is 2.05. The minimum atomic E-state index is -0.916. The lowest BCUT2D eigenvalue weighted by Gasteiger charge is -2.02. The van der Waals surface area contributed by atoms with Crippen LogP contribution in [0.1, 0.15) is 5.56 Å². The SMILES string of the molecule is O=c1[nH]c(SCc2ccc(F)c(F)c2)ncc1O. The van der Waals surface area contributed by atoms with Crippen molar-refractivity contribution in [2.24, 2.45) is 0 Å². The third-order valence-corrected chi connectivity index (χ3v) is 3.08. The molecule has 1 aromatic carbocycles. The van der Waals surface area contributed by atoms with Gasteiger partial charge in [0.15, 0.2) is 22.5 Å². The second kappa shape index (κ2) is 5.18. The van der Waals surface area contributed by atoms with Gasteiger partial charge in [-0.2, -0.15) is 0 Å². The van der Waals surface area contributed by atoms with Crippen molar-refractivity contribution in [3.8, 4) is 5.75 Å². The summed E-state index contributed by atoms with van der Waals surface area (Å²) in [4.78, 5) is 17.2. The quantitative estimate of drug-likeness (QED) is 0.661. The molecule has 0 radical (unpaired) electrons. The van der Waals surface area contributed by atoms with Gasteiger partial charge >= 0.3 is 0 Å². The summed E-state index contributed by atoms with van der Waals surface area (Å²) < 4.78 is 25.6. The van der Waals surface area contributed by atoms with Gasteiger partial charge in [-0.1, -0.05) is 17.8 Å². The van der Waals surface area contributed by atoms with E-state index in [1.54, 1.807) is 0 Å². The Hall–Kier alpha value is -1.89. The zero-order valence-electron chi connectivity index (χ0n) is 8.98. The molecule has 0 saturated carbocycles. The second-order valence-corrected chi connectivity index (χ2v) is 4.40. The summed E-state index contributed by atoms with van der Waals surface area (Å²) >= 11 is 1.14. The Balaban J connectivity index is 2.09. The van der Waals surface area contributed by atoms with Crippen LogP contribution in [0, 0.1) is 11.6 Å². The highest BCUT2D eigenvalue weighted by atomic mass is 32.2. The van der Waals surface area contributed by atoms with Crippen LogP contribution in [0.2, 0.25) is 0 Å². The molecule has 18 heavy (non-hydrogen) atoms. The number of nitrogens with zero attached hydrogens (tertiary/aromatic N) is 1. The molecule has 0 aliphatic heterocycles. The average molecular weight is 270 g/mol. The van der Waals surface area contributed by atoms with E-state index in [1.807, 2.05) is 0 Å². The molecular weight excluding hydrogens is 262 g/mol. The van der Waals surface area contributed by atoms with E-state index >= 15 is 0 Å². The first-order valence-electron chi connectivity index (χ1n) is 4.91. The van der Waals surface area contributed by atoms with Gasteiger partial charge in [0.25, 0.3) is 5.56 Å². The van der Waals surface area contributed by atoms with Crippen LogP contribution in [0.15, 0.2) is 34.3 Å². The lowest BCUT2D eigenvalue weighted by atomic mass is 10.2. The maximum atomic E-state index is 12.9. The van der Waals surface area contributed by atoms with Gasteiger partial charge in [0.05, 0.1) is 6.20 Å². The first-order chi connectivity index (χ1) is 8.56. The topological polar surface area (TPSA) is 66.0 Å². The summed E-state index contributed by atoms with van der Waals surface area (Å²) in [5.74, 6) is -1.96. The van der Waals surface area contributed by atoms with Crippen LogP contribution >= 0.6 is 11.8 Å². The third kappa shape index (κ3) is 2.86. The lowest BCUT2D eigenvalue weighted by Crippen LogP contribution is -2.06. The Bertz CT molecular complexity index is 631. The molecule has 1 heterocycles. The van der Waals surface area contributed by atoms with Gasteiger partial charge in [0, 0.05) is 5.75 Å². The third-order valence-electron chi connectivity index (χ3n) is 2.12.